The van der Waals surface area contributed by atoms with Crippen molar-refractivity contribution in [1.82, 2.24) is 15.0 Å². The molecule has 3 heterocycles. The molecule has 1 fully saturated rings. The van der Waals surface area contributed by atoms with E-state index in [9.17, 15) is 0 Å². The van der Waals surface area contributed by atoms with Crippen molar-refractivity contribution in [2.45, 2.75) is 25.8 Å². The SMILES string of the molecule is Cc1cc(-c2nc(C(N)CN3CCCC3)no2)sc1Br. The summed E-state index contributed by atoms with van der Waals surface area (Å²) in [5, 5.41) is 4.03. The van der Waals surface area contributed by atoms with Crippen LogP contribution in [0.25, 0.3) is 10.8 Å². The summed E-state index contributed by atoms with van der Waals surface area (Å²) in [4.78, 5) is 7.76. The predicted octanol–water partition coefficient (Wildman–Crippen LogP) is 2.96. The van der Waals surface area contributed by atoms with Crippen LogP contribution in [0.5, 0.6) is 0 Å². The third-order valence-electron chi connectivity index (χ3n) is 3.49. The van der Waals surface area contributed by atoms with Gasteiger partial charge in [-0.05, 0) is 60.4 Å². The number of halogens is 1. The van der Waals surface area contributed by atoms with E-state index in [1.807, 2.05) is 13.0 Å². The lowest BCUT2D eigenvalue weighted by molar-refractivity contribution is 0.306. The fourth-order valence-corrected chi connectivity index (χ4v) is 3.83. The zero-order valence-electron chi connectivity index (χ0n) is 11.3. The number of thiophene rings is 1. The monoisotopic (exact) mass is 356 g/mol. The van der Waals surface area contributed by atoms with Gasteiger partial charge in [-0.1, -0.05) is 5.16 Å². The third-order valence-corrected chi connectivity index (χ3v) is 5.62. The summed E-state index contributed by atoms with van der Waals surface area (Å²) in [6.45, 7) is 5.08. The molecule has 1 unspecified atom stereocenters. The first-order valence-corrected chi connectivity index (χ1v) is 8.32. The Hall–Kier alpha value is -0.760. The van der Waals surface area contributed by atoms with Gasteiger partial charge in [0.05, 0.1) is 14.7 Å². The average molecular weight is 357 g/mol. The van der Waals surface area contributed by atoms with Crippen LogP contribution in [0, 0.1) is 6.92 Å². The number of likely N-dealkylation sites (tertiary alicyclic amines) is 1. The maximum atomic E-state index is 6.17. The second-order valence-electron chi connectivity index (χ2n) is 5.14. The minimum Gasteiger partial charge on any atom is -0.333 e. The molecular weight excluding hydrogens is 340 g/mol. The molecular formula is C13H17BrN4OS. The first-order chi connectivity index (χ1) is 9.63. The van der Waals surface area contributed by atoms with Crippen LogP contribution < -0.4 is 5.73 Å². The zero-order valence-corrected chi connectivity index (χ0v) is 13.7. The Morgan fingerprint density at radius 3 is 2.90 bits per heavy atom. The molecule has 0 aromatic carbocycles. The molecule has 3 rings (SSSR count). The van der Waals surface area contributed by atoms with Gasteiger partial charge in [0.25, 0.3) is 5.89 Å². The van der Waals surface area contributed by atoms with Crippen molar-refractivity contribution < 1.29 is 4.52 Å². The Morgan fingerprint density at radius 1 is 1.50 bits per heavy atom. The molecule has 2 aromatic rings. The first kappa shape index (κ1) is 14.2. The first-order valence-electron chi connectivity index (χ1n) is 6.71. The Bertz CT molecular complexity index is 571. The fourth-order valence-electron chi connectivity index (χ4n) is 2.38. The maximum absolute atomic E-state index is 6.17. The molecule has 1 atom stereocenters. The highest BCUT2D eigenvalue weighted by atomic mass is 79.9. The standard InChI is InChI=1S/C13H17BrN4OS/c1-8-6-10(20-11(8)14)13-16-12(17-19-13)9(15)7-18-4-2-3-5-18/h6,9H,2-5,7,15H2,1H3. The number of nitrogens with two attached hydrogens (primary N) is 1. The van der Waals surface area contributed by atoms with E-state index in [4.69, 9.17) is 10.3 Å². The van der Waals surface area contributed by atoms with Crippen molar-refractivity contribution >= 4 is 27.3 Å². The molecule has 2 N–H and O–H groups in total. The van der Waals surface area contributed by atoms with E-state index in [2.05, 4.69) is 31.0 Å². The highest BCUT2D eigenvalue weighted by Gasteiger charge is 2.21. The van der Waals surface area contributed by atoms with Gasteiger partial charge in [0.15, 0.2) is 5.82 Å². The van der Waals surface area contributed by atoms with Crippen LogP contribution in [0.2, 0.25) is 0 Å². The van der Waals surface area contributed by atoms with E-state index in [1.165, 1.54) is 18.4 Å². The molecule has 7 heteroatoms. The van der Waals surface area contributed by atoms with Gasteiger partial charge in [0.1, 0.15) is 0 Å². The molecule has 0 aliphatic carbocycles. The topological polar surface area (TPSA) is 68.2 Å². The van der Waals surface area contributed by atoms with E-state index < -0.39 is 0 Å². The molecule has 1 aliphatic rings. The molecule has 1 saturated heterocycles. The van der Waals surface area contributed by atoms with Crippen LogP contribution in [0.4, 0.5) is 0 Å². The van der Waals surface area contributed by atoms with Gasteiger partial charge in [-0.25, -0.2) is 0 Å². The molecule has 5 nitrogen and oxygen atoms in total. The van der Waals surface area contributed by atoms with Crippen molar-refractivity contribution in [3.05, 3.63) is 21.2 Å². The Balaban J connectivity index is 1.72. The maximum Gasteiger partial charge on any atom is 0.268 e. The second-order valence-corrected chi connectivity index (χ2v) is 7.51. The van der Waals surface area contributed by atoms with Gasteiger partial charge < -0.3 is 15.2 Å². The van der Waals surface area contributed by atoms with Crippen LogP contribution in [0.15, 0.2) is 14.4 Å². The van der Waals surface area contributed by atoms with Gasteiger partial charge in [0.2, 0.25) is 0 Å². The smallest absolute Gasteiger partial charge is 0.268 e. The van der Waals surface area contributed by atoms with Crippen molar-refractivity contribution in [2.24, 2.45) is 5.73 Å². The summed E-state index contributed by atoms with van der Waals surface area (Å²) < 4.78 is 6.43. The van der Waals surface area contributed by atoms with E-state index in [0.29, 0.717) is 11.7 Å². The average Bonchev–Trinajstić information content (AvgIpc) is 3.12. The Morgan fingerprint density at radius 2 is 2.25 bits per heavy atom. The molecule has 108 valence electrons. The lowest BCUT2D eigenvalue weighted by Gasteiger charge is -2.17. The highest BCUT2D eigenvalue weighted by molar-refractivity contribution is 9.11. The summed E-state index contributed by atoms with van der Waals surface area (Å²) in [5.41, 5.74) is 7.34. The van der Waals surface area contributed by atoms with E-state index in [0.717, 1.165) is 28.3 Å². The summed E-state index contributed by atoms with van der Waals surface area (Å²) >= 11 is 5.10. The molecule has 0 spiro atoms. The lowest BCUT2D eigenvalue weighted by Crippen LogP contribution is -2.30. The molecule has 1 aliphatic heterocycles. The molecule has 0 saturated carbocycles. The van der Waals surface area contributed by atoms with Crippen LogP contribution in [-0.4, -0.2) is 34.7 Å². The summed E-state index contributed by atoms with van der Waals surface area (Å²) in [5.74, 6) is 1.14. The Kier molecular flexibility index (Phi) is 4.21. The Labute approximate surface area is 130 Å². The number of nitrogens with zero attached hydrogens (tertiary/aromatic N) is 3. The number of aryl methyl sites for hydroxylation is 1. The lowest BCUT2D eigenvalue weighted by atomic mass is 10.3. The minimum atomic E-state index is -0.185. The van der Waals surface area contributed by atoms with Crippen molar-refractivity contribution in [3.8, 4) is 10.8 Å². The zero-order chi connectivity index (χ0) is 14.1. The van der Waals surface area contributed by atoms with E-state index in [-0.39, 0.29) is 6.04 Å². The van der Waals surface area contributed by atoms with Crippen molar-refractivity contribution in [3.63, 3.8) is 0 Å². The normalized spacial score (nSPS) is 17.8. The number of hydrogen-bond acceptors (Lipinski definition) is 6. The molecule has 0 amide bonds. The molecule has 2 aromatic heterocycles. The third kappa shape index (κ3) is 2.95. The van der Waals surface area contributed by atoms with E-state index >= 15 is 0 Å². The van der Waals surface area contributed by atoms with Crippen LogP contribution in [0.1, 0.15) is 30.3 Å². The van der Waals surface area contributed by atoms with Crippen molar-refractivity contribution in [1.29, 1.82) is 0 Å². The summed E-state index contributed by atoms with van der Waals surface area (Å²) in [6.07, 6.45) is 2.51. The molecule has 0 radical (unpaired) electrons. The van der Waals surface area contributed by atoms with Gasteiger partial charge in [-0.15, -0.1) is 11.3 Å². The van der Waals surface area contributed by atoms with Gasteiger partial charge >= 0.3 is 0 Å². The van der Waals surface area contributed by atoms with Crippen LogP contribution >= 0.6 is 27.3 Å². The summed E-state index contributed by atoms with van der Waals surface area (Å²) in [6, 6.07) is 1.85. The molecule has 0 bridgehead atoms. The van der Waals surface area contributed by atoms with Crippen LogP contribution in [-0.2, 0) is 0 Å². The highest BCUT2D eigenvalue weighted by Crippen LogP contribution is 2.34. The second kappa shape index (κ2) is 5.93. The van der Waals surface area contributed by atoms with Gasteiger partial charge in [-0.3, -0.25) is 0 Å². The predicted molar refractivity (Wildman–Crippen MR) is 82.7 cm³/mol. The van der Waals surface area contributed by atoms with E-state index in [1.54, 1.807) is 11.3 Å². The quantitative estimate of drug-likeness (QED) is 0.911. The van der Waals surface area contributed by atoms with Crippen molar-refractivity contribution in [2.75, 3.05) is 19.6 Å². The minimum absolute atomic E-state index is 0.185. The van der Waals surface area contributed by atoms with Gasteiger partial charge in [-0.2, -0.15) is 4.98 Å². The fraction of sp³-hybridized carbons (Fsp3) is 0.538. The number of hydrogen-bond donors (Lipinski definition) is 1. The number of rotatable bonds is 4. The number of aromatic nitrogens is 2. The van der Waals surface area contributed by atoms with Gasteiger partial charge in [0, 0.05) is 6.54 Å². The summed E-state index contributed by atoms with van der Waals surface area (Å²) in [7, 11) is 0. The van der Waals surface area contributed by atoms with Crippen LogP contribution in [0.3, 0.4) is 0 Å². The largest absolute Gasteiger partial charge is 0.333 e. The molecule has 20 heavy (non-hydrogen) atoms.